The molecule has 1 rings (SSSR count). The average molecular weight is 331 g/mol. The van der Waals surface area contributed by atoms with Crippen molar-refractivity contribution in [3.8, 4) is 0 Å². The molecule has 20 heavy (non-hydrogen) atoms. The molecule has 12 heteroatoms. The van der Waals surface area contributed by atoms with Gasteiger partial charge in [-0.2, -0.15) is 40.2 Å². The Kier molecular flexibility index (Phi) is 3.81. The Labute approximate surface area is 110 Å². The number of nitrogens with zero attached hydrogens (tertiary/aromatic N) is 2. The number of halogens is 9. The molecule has 0 saturated heterocycles. The van der Waals surface area contributed by atoms with Gasteiger partial charge in [-0.25, -0.2) is 0 Å². The zero-order valence-electron chi connectivity index (χ0n) is 9.20. The quantitative estimate of drug-likeness (QED) is 0.615. The second-order valence-corrected chi connectivity index (χ2v) is 3.88. The minimum Gasteiger partial charge on any atom is -0.274 e. The molecule has 0 unspecified atom stereocenters. The molecule has 0 saturated carbocycles. The summed E-state index contributed by atoms with van der Waals surface area (Å²) >= 11 is 4.77. The summed E-state index contributed by atoms with van der Waals surface area (Å²) < 4.78 is 100. The maximum Gasteiger partial charge on any atom is 0.459 e. The van der Waals surface area contributed by atoms with E-state index < -0.39 is 40.5 Å². The number of rotatable bonds is 2. The Balaban J connectivity index is 3.75. The number of hydrogen-bond acceptors (Lipinski definition) is 2. The fourth-order valence-corrected chi connectivity index (χ4v) is 1.59. The third-order valence-corrected chi connectivity index (χ3v) is 2.35. The van der Waals surface area contributed by atoms with Crippen molar-refractivity contribution in [3.05, 3.63) is 17.0 Å². The van der Waals surface area contributed by atoms with Gasteiger partial charge >= 0.3 is 18.3 Å². The Morgan fingerprint density at radius 3 is 1.85 bits per heavy atom. The molecule has 0 N–H and O–H groups in total. The van der Waals surface area contributed by atoms with Crippen LogP contribution in [0.2, 0.25) is 0 Å². The van der Waals surface area contributed by atoms with E-state index in [1.54, 1.807) is 0 Å². The van der Waals surface area contributed by atoms with Crippen molar-refractivity contribution in [2.75, 3.05) is 0 Å². The third-order valence-electron chi connectivity index (χ3n) is 2.17. The molecular weight excluding hydrogens is 328 g/mol. The number of aryl methyl sites for hydroxylation is 1. The highest BCUT2D eigenvalue weighted by Gasteiger charge is 2.64. The Hall–Kier alpha value is -1.39. The molecule has 0 amide bonds. The molecule has 0 aliphatic rings. The molecule has 0 spiro atoms. The van der Waals surface area contributed by atoms with Crippen LogP contribution >= 0.6 is 11.6 Å². The van der Waals surface area contributed by atoms with Crippen molar-refractivity contribution >= 4 is 16.8 Å². The van der Waals surface area contributed by atoms with Crippen molar-refractivity contribution in [2.24, 2.45) is 7.05 Å². The van der Waals surface area contributed by atoms with Crippen LogP contribution in [0.15, 0.2) is 0 Å². The summed E-state index contributed by atoms with van der Waals surface area (Å²) in [6.07, 6.45) is -12.0. The summed E-state index contributed by atoms with van der Waals surface area (Å²) in [4.78, 5) is 10.8. The van der Waals surface area contributed by atoms with Crippen LogP contribution in [-0.4, -0.2) is 21.2 Å². The summed E-state index contributed by atoms with van der Waals surface area (Å²) in [7, 11) is 0.584. The topological polar surface area (TPSA) is 34.9 Å². The van der Waals surface area contributed by atoms with E-state index in [4.69, 9.17) is 11.6 Å². The van der Waals surface area contributed by atoms with Crippen molar-refractivity contribution in [1.82, 2.24) is 9.78 Å². The molecule has 0 radical (unpaired) electrons. The second-order valence-electron chi connectivity index (χ2n) is 3.54. The van der Waals surface area contributed by atoms with Crippen LogP contribution in [0.1, 0.15) is 21.7 Å². The van der Waals surface area contributed by atoms with Gasteiger partial charge in [0.05, 0.1) is 0 Å². The minimum atomic E-state index is -6.31. The van der Waals surface area contributed by atoms with Crippen LogP contribution in [0.4, 0.5) is 35.1 Å². The van der Waals surface area contributed by atoms with Gasteiger partial charge in [-0.05, 0) is 11.6 Å². The number of alkyl halides is 8. The standard InChI is InChI=1S/C8H3ClF8N2O/c1-19-3(5(9)20)2(7(12,13)14)4(18-19)6(10,11)8(15,16)17/h1H3. The van der Waals surface area contributed by atoms with Crippen LogP contribution in [0.3, 0.4) is 0 Å². The lowest BCUT2D eigenvalue weighted by atomic mass is 10.1. The molecule has 1 aromatic heterocycles. The zero-order chi connectivity index (χ0) is 16.1. The van der Waals surface area contributed by atoms with E-state index in [1.165, 1.54) is 0 Å². The van der Waals surface area contributed by atoms with E-state index in [0.717, 1.165) is 0 Å². The summed E-state index contributed by atoms with van der Waals surface area (Å²) in [6, 6.07) is 0. The van der Waals surface area contributed by atoms with Crippen molar-refractivity contribution < 1.29 is 39.9 Å². The van der Waals surface area contributed by atoms with Crippen molar-refractivity contribution in [3.63, 3.8) is 0 Å². The van der Waals surface area contributed by atoms with Crippen LogP contribution in [0.25, 0.3) is 0 Å². The average Bonchev–Trinajstić information content (AvgIpc) is 2.53. The second kappa shape index (κ2) is 4.57. The molecule has 1 aromatic rings. The van der Waals surface area contributed by atoms with Gasteiger partial charge < -0.3 is 0 Å². The van der Waals surface area contributed by atoms with E-state index >= 15 is 0 Å². The fourth-order valence-electron chi connectivity index (χ4n) is 1.37. The zero-order valence-corrected chi connectivity index (χ0v) is 9.96. The predicted molar refractivity (Wildman–Crippen MR) is 48.3 cm³/mol. The highest BCUT2D eigenvalue weighted by atomic mass is 35.5. The largest absolute Gasteiger partial charge is 0.459 e. The number of carbonyl (C=O) groups excluding carboxylic acids is 1. The summed E-state index contributed by atoms with van der Waals surface area (Å²) in [5.74, 6) is -5.89. The van der Waals surface area contributed by atoms with Gasteiger partial charge in [-0.1, -0.05) is 0 Å². The summed E-state index contributed by atoms with van der Waals surface area (Å²) in [6.45, 7) is 0. The fraction of sp³-hybridized carbons (Fsp3) is 0.500. The van der Waals surface area contributed by atoms with Crippen LogP contribution in [-0.2, 0) is 19.1 Å². The molecule has 1 heterocycles. The van der Waals surface area contributed by atoms with E-state index in [-0.39, 0.29) is 4.68 Å². The SMILES string of the molecule is Cn1nc(C(F)(F)C(F)(F)F)c(C(F)(F)F)c1C(=O)Cl. The molecule has 0 aromatic carbocycles. The first-order valence-electron chi connectivity index (χ1n) is 4.50. The first kappa shape index (κ1) is 16.7. The van der Waals surface area contributed by atoms with Crippen molar-refractivity contribution in [1.29, 1.82) is 0 Å². The van der Waals surface area contributed by atoms with E-state index in [2.05, 4.69) is 5.10 Å². The molecule has 0 aliphatic carbocycles. The number of aromatic nitrogens is 2. The lowest BCUT2D eigenvalue weighted by Gasteiger charge is -2.19. The highest BCUT2D eigenvalue weighted by Crippen LogP contribution is 2.48. The van der Waals surface area contributed by atoms with Crippen LogP contribution in [0, 0.1) is 0 Å². The van der Waals surface area contributed by atoms with Crippen LogP contribution < -0.4 is 0 Å². The van der Waals surface area contributed by atoms with E-state index in [9.17, 15) is 39.9 Å². The number of hydrogen-bond donors (Lipinski definition) is 0. The Bertz CT molecular complexity index is 544. The van der Waals surface area contributed by atoms with Gasteiger partial charge in [-0.15, -0.1) is 0 Å². The maximum atomic E-state index is 13.1. The van der Waals surface area contributed by atoms with Gasteiger partial charge in [-0.3, -0.25) is 9.48 Å². The first-order valence-corrected chi connectivity index (χ1v) is 4.88. The van der Waals surface area contributed by atoms with E-state index in [0.29, 0.717) is 7.05 Å². The molecule has 0 bridgehead atoms. The maximum absolute atomic E-state index is 13.1. The van der Waals surface area contributed by atoms with E-state index in [1.807, 2.05) is 0 Å². The highest BCUT2D eigenvalue weighted by molar-refractivity contribution is 6.67. The predicted octanol–water partition coefficient (Wildman–Crippen LogP) is 3.47. The number of carbonyl (C=O) groups is 1. The van der Waals surface area contributed by atoms with Gasteiger partial charge in [0, 0.05) is 7.05 Å². The first-order chi connectivity index (χ1) is 8.71. The third kappa shape index (κ3) is 2.58. The molecule has 0 aliphatic heterocycles. The van der Waals surface area contributed by atoms with Crippen molar-refractivity contribution in [2.45, 2.75) is 18.3 Å². The monoisotopic (exact) mass is 330 g/mol. The molecule has 0 atom stereocenters. The van der Waals surface area contributed by atoms with Gasteiger partial charge in [0.15, 0.2) is 5.69 Å². The van der Waals surface area contributed by atoms with Crippen LogP contribution in [0.5, 0.6) is 0 Å². The minimum absolute atomic E-state index is 0.0762. The summed E-state index contributed by atoms with van der Waals surface area (Å²) in [5.41, 5.74) is -6.73. The summed E-state index contributed by atoms with van der Waals surface area (Å²) in [5, 5.41) is 0.594. The molecule has 114 valence electrons. The smallest absolute Gasteiger partial charge is 0.274 e. The molecular formula is C8H3ClF8N2O. The normalized spacial score (nSPS) is 13.7. The Morgan fingerprint density at radius 2 is 1.55 bits per heavy atom. The lowest BCUT2D eigenvalue weighted by molar-refractivity contribution is -0.292. The van der Waals surface area contributed by atoms with Gasteiger partial charge in [0.25, 0.3) is 5.24 Å². The van der Waals surface area contributed by atoms with Gasteiger partial charge in [0.2, 0.25) is 0 Å². The lowest BCUT2D eigenvalue weighted by Crippen LogP contribution is -2.36. The molecule has 3 nitrogen and oxygen atoms in total. The van der Waals surface area contributed by atoms with Gasteiger partial charge in [0.1, 0.15) is 11.3 Å². The Morgan fingerprint density at radius 1 is 1.10 bits per heavy atom. The molecule has 0 fully saturated rings.